The van der Waals surface area contributed by atoms with Crippen molar-refractivity contribution in [2.75, 3.05) is 25.1 Å². The van der Waals surface area contributed by atoms with Crippen LogP contribution in [0.25, 0.3) is 6.08 Å². The number of imide groups is 1. The fraction of sp³-hybridized carbons (Fsp3) is 0.179. The molecule has 0 bridgehead atoms. The molecule has 1 heterocycles. The minimum absolute atomic E-state index is 0.157. The van der Waals surface area contributed by atoms with Gasteiger partial charge >= 0.3 is 0 Å². The van der Waals surface area contributed by atoms with Crippen LogP contribution in [0.4, 0.5) is 10.5 Å². The lowest BCUT2D eigenvalue weighted by atomic mass is 10.1. The number of hydrogen-bond donors (Lipinski definition) is 1. The fourth-order valence-corrected chi connectivity index (χ4v) is 4.92. The van der Waals surface area contributed by atoms with Crippen molar-refractivity contribution < 1.29 is 23.9 Å². The Morgan fingerprint density at radius 3 is 2.54 bits per heavy atom. The largest absolute Gasteiger partial charge is 0.491 e. The molecule has 1 saturated heterocycles. The number of carbonyl (C=O) groups excluding carboxylic acids is 3. The monoisotopic (exact) mass is 580 g/mol. The first-order valence-electron chi connectivity index (χ1n) is 11.5. The molecule has 4 rings (SSSR count). The van der Waals surface area contributed by atoms with Crippen molar-refractivity contribution in [2.45, 2.75) is 13.8 Å². The van der Waals surface area contributed by atoms with Gasteiger partial charge in [0, 0.05) is 5.69 Å². The summed E-state index contributed by atoms with van der Waals surface area (Å²) in [4.78, 5) is 39.0. The summed E-state index contributed by atoms with van der Waals surface area (Å²) in [7, 11) is 0. The van der Waals surface area contributed by atoms with Crippen LogP contribution in [0.15, 0.2) is 76.1 Å². The number of rotatable bonds is 9. The van der Waals surface area contributed by atoms with Gasteiger partial charge in [0.25, 0.3) is 17.1 Å². The Morgan fingerprint density at radius 2 is 1.78 bits per heavy atom. The number of anilines is 1. The van der Waals surface area contributed by atoms with E-state index in [1.807, 2.05) is 50.2 Å². The van der Waals surface area contributed by atoms with Gasteiger partial charge in [-0.15, -0.1) is 0 Å². The van der Waals surface area contributed by atoms with Crippen LogP contribution in [0, 0.1) is 13.8 Å². The van der Waals surface area contributed by atoms with E-state index >= 15 is 0 Å². The summed E-state index contributed by atoms with van der Waals surface area (Å²) in [5.74, 6) is 0.593. The number of nitrogens with zero attached hydrogens (tertiary/aromatic N) is 1. The number of carbonyl (C=O) groups is 3. The molecule has 9 heteroatoms. The van der Waals surface area contributed by atoms with Gasteiger partial charge in [0.1, 0.15) is 18.1 Å². The van der Waals surface area contributed by atoms with Crippen LogP contribution in [0.2, 0.25) is 0 Å². The van der Waals surface area contributed by atoms with Crippen LogP contribution in [-0.2, 0) is 9.59 Å². The molecule has 37 heavy (non-hydrogen) atoms. The first-order valence-corrected chi connectivity index (χ1v) is 13.1. The Morgan fingerprint density at radius 1 is 1.00 bits per heavy atom. The van der Waals surface area contributed by atoms with E-state index in [2.05, 4.69) is 21.2 Å². The van der Waals surface area contributed by atoms with E-state index in [9.17, 15) is 14.4 Å². The van der Waals surface area contributed by atoms with E-state index in [-0.39, 0.29) is 36.8 Å². The third kappa shape index (κ3) is 7.02. The van der Waals surface area contributed by atoms with Gasteiger partial charge in [-0.2, -0.15) is 0 Å². The number of nitrogens with one attached hydrogen (secondary N) is 1. The topological polar surface area (TPSA) is 84.9 Å². The van der Waals surface area contributed by atoms with Gasteiger partial charge in [-0.05, 0) is 94.6 Å². The molecule has 3 aromatic carbocycles. The molecule has 1 aliphatic heterocycles. The Labute approximate surface area is 228 Å². The Kier molecular flexibility index (Phi) is 8.68. The zero-order valence-electron chi connectivity index (χ0n) is 20.3. The minimum atomic E-state index is -0.353. The molecule has 0 aliphatic carbocycles. The van der Waals surface area contributed by atoms with E-state index in [4.69, 9.17) is 9.47 Å². The Bertz CT molecular complexity index is 1360. The summed E-state index contributed by atoms with van der Waals surface area (Å²) in [5, 5.41) is 2.43. The van der Waals surface area contributed by atoms with E-state index in [1.165, 1.54) is 4.90 Å². The molecule has 1 fully saturated rings. The molecule has 0 radical (unpaired) electrons. The quantitative estimate of drug-likeness (QED) is 0.303. The van der Waals surface area contributed by atoms with Gasteiger partial charge in [0.05, 0.1) is 15.9 Å². The second-order valence-corrected chi connectivity index (χ2v) is 10.2. The minimum Gasteiger partial charge on any atom is -0.491 e. The second kappa shape index (κ2) is 12.1. The highest BCUT2D eigenvalue weighted by Crippen LogP contribution is 2.34. The molecule has 3 aromatic rings. The molecule has 1 aliphatic rings. The van der Waals surface area contributed by atoms with Crippen molar-refractivity contribution in [1.82, 2.24) is 4.90 Å². The standard InChI is InChI=1S/C28H25BrN2O5S/c1-18-8-9-19(2)24(14-18)35-13-12-31-27(33)25(37-28(31)34)16-20-10-11-23(22(29)15-20)36-17-26(32)30-21-6-4-3-5-7-21/h3-11,14-16H,12-13,17H2,1-2H3,(H,30,32)/b25-16-. The maximum absolute atomic E-state index is 12.8. The third-order valence-corrected chi connectivity index (χ3v) is 6.99. The molecule has 3 amide bonds. The number of ether oxygens (including phenoxy) is 2. The number of halogens is 1. The molecule has 0 aromatic heterocycles. The lowest BCUT2D eigenvalue weighted by Gasteiger charge is -2.14. The fourth-order valence-electron chi connectivity index (χ4n) is 3.54. The van der Waals surface area contributed by atoms with Crippen LogP contribution in [0.3, 0.4) is 0 Å². The number of thioether (sulfide) groups is 1. The molecule has 7 nitrogen and oxygen atoms in total. The van der Waals surface area contributed by atoms with Crippen molar-refractivity contribution in [3.8, 4) is 11.5 Å². The summed E-state index contributed by atoms with van der Waals surface area (Å²) < 4.78 is 12.0. The predicted octanol–water partition coefficient (Wildman–Crippen LogP) is 6.20. The zero-order chi connectivity index (χ0) is 26.4. The van der Waals surface area contributed by atoms with Crippen molar-refractivity contribution in [3.05, 3.63) is 92.8 Å². The van der Waals surface area contributed by atoms with Gasteiger partial charge < -0.3 is 14.8 Å². The summed E-state index contributed by atoms with van der Waals surface area (Å²) in [6, 6.07) is 20.3. The van der Waals surface area contributed by atoms with Crippen molar-refractivity contribution >= 4 is 56.5 Å². The summed E-state index contributed by atoms with van der Waals surface area (Å²) in [6.45, 7) is 4.15. The van der Waals surface area contributed by atoms with Gasteiger partial charge in [-0.1, -0.05) is 36.4 Å². The van der Waals surface area contributed by atoms with Gasteiger partial charge in [-0.3, -0.25) is 19.3 Å². The van der Waals surface area contributed by atoms with Crippen molar-refractivity contribution in [1.29, 1.82) is 0 Å². The summed E-state index contributed by atoms with van der Waals surface area (Å²) in [5.41, 5.74) is 3.48. The zero-order valence-corrected chi connectivity index (χ0v) is 22.7. The van der Waals surface area contributed by atoms with E-state index in [0.717, 1.165) is 28.6 Å². The highest BCUT2D eigenvalue weighted by molar-refractivity contribution is 9.10. The van der Waals surface area contributed by atoms with Gasteiger partial charge in [-0.25, -0.2) is 0 Å². The summed E-state index contributed by atoms with van der Waals surface area (Å²) in [6.07, 6.45) is 1.66. The Balaban J connectivity index is 1.33. The maximum atomic E-state index is 12.8. The lowest BCUT2D eigenvalue weighted by molar-refractivity contribution is -0.123. The normalized spacial score (nSPS) is 14.2. The molecule has 0 spiro atoms. The number of hydrogen-bond acceptors (Lipinski definition) is 6. The van der Waals surface area contributed by atoms with Gasteiger partial charge in [0.2, 0.25) is 0 Å². The average molecular weight is 581 g/mol. The summed E-state index contributed by atoms with van der Waals surface area (Å²) >= 11 is 4.35. The number of amides is 3. The highest BCUT2D eigenvalue weighted by atomic mass is 79.9. The van der Waals surface area contributed by atoms with E-state index in [1.54, 1.807) is 36.4 Å². The molecule has 0 unspecified atom stereocenters. The van der Waals surface area contributed by atoms with E-state index < -0.39 is 0 Å². The maximum Gasteiger partial charge on any atom is 0.293 e. The molecular formula is C28H25BrN2O5S. The molecular weight excluding hydrogens is 556 g/mol. The molecule has 190 valence electrons. The van der Waals surface area contributed by atoms with Crippen LogP contribution in [0.5, 0.6) is 11.5 Å². The predicted molar refractivity (Wildman–Crippen MR) is 149 cm³/mol. The van der Waals surface area contributed by atoms with Crippen molar-refractivity contribution in [2.24, 2.45) is 0 Å². The van der Waals surface area contributed by atoms with Crippen LogP contribution < -0.4 is 14.8 Å². The smallest absolute Gasteiger partial charge is 0.293 e. The third-order valence-electron chi connectivity index (χ3n) is 5.46. The lowest BCUT2D eigenvalue weighted by Crippen LogP contribution is -2.32. The van der Waals surface area contributed by atoms with Crippen LogP contribution in [-0.4, -0.2) is 41.7 Å². The second-order valence-electron chi connectivity index (χ2n) is 8.34. The SMILES string of the molecule is Cc1ccc(C)c(OCCN2C(=O)S/C(=C\c3ccc(OCC(=O)Nc4ccccc4)c(Br)c3)C2=O)c1. The average Bonchev–Trinajstić information content (AvgIpc) is 3.13. The number of aryl methyl sites for hydroxylation is 2. The van der Waals surface area contributed by atoms with Crippen molar-refractivity contribution in [3.63, 3.8) is 0 Å². The van der Waals surface area contributed by atoms with Crippen LogP contribution in [0.1, 0.15) is 16.7 Å². The molecule has 1 N–H and O–H groups in total. The number of para-hydroxylation sites is 1. The van der Waals surface area contributed by atoms with Crippen LogP contribution >= 0.6 is 27.7 Å². The molecule has 0 saturated carbocycles. The number of benzene rings is 3. The highest BCUT2D eigenvalue weighted by Gasteiger charge is 2.34. The van der Waals surface area contributed by atoms with Gasteiger partial charge in [0.15, 0.2) is 6.61 Å². The molecule has 0 atom stereocenters. The van der Waals surface area contributed by atoms with E-state index in [0.29, 0.717) is 26.4 Å². The first-order chi connectivity index (χ1) is 17.8. The Hall–Kier alpha value is -3.56. The first kappa shape index (κ1) is 26.5.